The zero-order chi connectivity index (χ0) is 12.1. The topological polar surface area (TPSA) is 27.6 Å². The second-order valence-corrected chi connectivity index (χ2v) is 7.03. The molecule has 0 bridgehead atoms. The van der Waals surface area contributed by atoms with Crippen molar-refractivity contribution >= 4 is 29.9 Å². The third-order valence-corrected chi connectivity index (χ3v) is 5.68. The molecule has 0 aromatic heterocycles. The van der Waals surface area contributed by atoms with E-state index in [1.54, 1.807) is 0 Å². The summed E-state index contributed by atoms with van der Waals surface area (Å²) in [4.78, 5) is 7.29. The van der Waals surface area contributed by atoms with Gasteiger partial charge in [-0.1, -0.05) is 6.92 Å². The van der Waals surface area contributed by atoms with Gasteiger partial charge < -0.3 is 10.2 Å². The highest BCUT2D eigenvalue weighted by Gasteiger charge is 2.47. The molecule has 2 aliphatic heterocycles. The molecule has 2 saturated carbocycles. The summed E-state index contributed by atoms with van der Waals surface area (Å²) in [7, 11) is 0. The smallest absolute Gasteiger partial charge is 0.194 e. The van der Waals surface area contributed by atoms with Crippen LogP contribution < -0.4 is 5.32 Å². The average Bonchev–Trinajstić information content (AvgIpc) is 2.88. The van der Waals surface area contributed by atoms with Crippen molar-refractivity contribution in [1.82, 2.24) is 10.2 Å². The van der Waals surface area contributed by atoms with E-state index in [0.29, 0.717) is 6.04 Å². The van der Waals surface area contributed by atoms with Gasteiger partial charge in [-0.15, -0.1) is 24.0 Å². The SMILES string of the molecule is CC1CCC2CN=C(NCC3CCC4CC34)N2C1.I. The number of hydrogen-bond donors (Lipinski definition) is 1. The Bertz CT molecular complexity index is 370. The third-order valence-electron chi connectivity index (χ3n) is 5.68. The second-order valence-electron chi connectivity index (χ2n) is 7.03. The fourth-order valence-corrected chi connectivity index (χ4v) is 4.40. The van der Waals surface area contributed by atoms with Gasteiger partial charge in [0.15, 0.2) is 5.96 Å². The monoisotopic (exact) mass is 375 g/mol. The highest BCUT2D eigenvalue weighted by molar-refractivity contribution is 14.0. The highest BCUT2D eigenvalue weighted by atomic mass is 127. The molecule has 4 aliphatic rings. The number of piperidine rings is 1. The van der Waals surface area contributed by atoms with Crippen LogP contribution in [0, 0.1) is 23.7 Å². The van der Waals surface area contributed by atoms with E-state index in [4.69, 9.17) is 4.99 Å². The number of hydrogen-bond acceptors (Lipinski definition) is 3. The zero-order valence-corrected chi connectivity index (χ0v) is 14.2. The van der Waals surface area contributed by atoms with E-state index < -0.39 is 0 Å². The molecule has 108 valence electrons. The minimum Gasteiger partial charge on any atom is -0.356 e. The number of guanidine groups is 1. The van der Waals surface area contributed by atoms with Crippen LogP contribution in [-0.4, -0.2) is 36.5 Å². The molecular formula is C15H26IN3. The zero-order valence-electron chi connectivity index (χ0n) is 11.8. The lowest BCUT2D eigenvalue weighted by atomic mass is 9.95. The van der Waals surface area contributed by atoms with Gasteiger partial charge in [0, 0.05) is 13.1 Å². The Balaban J connectivity index is 0.00000110. The van der Waals surface area contributed by atoms with Gasteiger partial charge in [0.1, 0.15) is 0 Å². The molecular weight excluding hydrogens is 349 g/mol. The van der Waals surface area contributed by atoms with E-state index in [1.165, 1.54) is 51.2 Å². The fraction of sp³-hybridized carbons (Fsp3) is 0.933. The maximum Gasteiger partial charge on any atom is 0.194 e. The summed E-state index contributed by atoms with van der Waals surface area (Å²) in [5.41, 5.74) is 0. The van der Waals surface area contributed by atoms with Crippen LogP contribution >= 0.6 is 24.0 Å². The number of nitrogens with one attached hydrogen (secondary N) is 1. The van der Waals surface area contributed by atoms with Crippen molar-refractivity contribution in [1.29, 1.82) is 0 Å². The predicted octanol–water partition coefficient (Wildman–Crippen LogP) is 2.71. The van der Waals surface area contributed by atoms with Crippen LogP contribution in [0.4, 0.5) is 0 Å². The molecule has 2 heterocycles. The van der Waals surface area contributed by atoms with Crippen molar-refractivity contribution in [2.24, 2.45) is 28.7 Å². The number of halogens is 1. The van der Waals surface area contributed by atoms with Crippen molar-refractivity contribution in [3.8, 4) is 0 Å². The summed E-state index contributed by atoms with van der Waals surface area (Å²) in [5.74, 6) is 5.17. The molecule has 0 aromatic rings. The molecule has 0 radical (unpaired) electrons. The van der Waals surface area contributed by atoms with Crippen LogP contribution in [0.5, 0.6) is 0 Å². The highest BCUT2D eigenvalue weighted by Crippen LogP contribution is 2.55. The predicted molar refractivity (Wildman–Crippen MR) is 88.9 cm³/mol. The first kappa shape index (κ1) is 14.0. The molecule has 1 saturated heterocycles. The quantitative estimate of drug-likeness (QED) is 0.752. The van der Waals surface area contributed by atoms with Gasteiger partial charge in [-0.2, -0.15) is 0 Å². The van der Waals surface area contributed by atoms with E-state index in [-0.39, 0.29) is 24.0 Å². The molecule has 1 N–H and O–H groups in total. The first-order valence-corrected chi connectivity index (χ1v) is 7.86. The van der Waals surface area contributed by atoms with E-state index in [2.05, 4.69) is 17.1 Å². The number of rotatable bonds is 2. The van der Waals surface area contributed by atoms with Crippen LogP contribution in [0.2, 0.25) is 0 Å². The van der Waals surface area contributed by atoms with E-state index in [9.17, 15) is 0 Å². The summed E-state index contributed by atoms with van der Waals surface area (Å²) < 4.78 is 0. The maximum atomic E-state index is 4.75. The Kier molecular flexibility index (Phi) is 3.98. The van der Waals surface area contributed by atoms with Gasteiger partial charge in [-0.05, 0) is 55.8 Å². The van der Waals surface area contributed by atoms with Crippen molar-refractivity contribution in [2.75, 3.05) is 19.6 Å². The van der Waals surface area contributed by atoms with Crippen LogP contribution in [0.3, 0.4) is 0 Å². The van der Waals surface area contributed by atoms with Crippen LogP contribution in [0.15, 0.2) is 4.99 Å². The molecule has 4 heteroatoms. The number of nitrogens with zero attached hydrogens (tertiary/aromatic N) is 2. The van der Waals surface area contributed by atoms with Crippen LogP contribution in [0.25, 0.3) is 0 Å². The molecule has 4 rings (SSSR count). The lowest BCUT2D eigenvalue weighted by Gasteiger charge is -2.36. The number of fused-ring (bicyclic) bond motifs is 2. The van der Waals surface area contributed by atoms with Crippen LogP contribution in [-0.2, 0) is 0 Å². The van der Waals surface area contributed by atoms with Gasteiger partial charge >= 0.3 is 0 Å². The minimum atomic E-state index is 0. The van der Waals surface area contributed by atoms with Gasteiger partial charge in [0.2, 0.25) is 0 Å². The summed E-state index contributed by atoms with van der Waals surface area (Å²) >= 11 is 0. The second kappa shape index (κ2) is 5.41. The third kappa shape index (κ3) is 2.61. The van der Waals surface area contributed by atoms with E-state index in [0.717, 1.165) is 30.2 Å². The Morgan fingerprint density at radius 2 is 2.16 bits per heavy atom. The molecule has 3 fully saturated rings. The first-order chi connectivity index (χ1) is 8.81. The minimum absolute atomic E-state index is 0. The molecule has 5 unspecified atom stereocenters. The molecule has 0 amide bonds. The standard InChI is InChI=1S/C15H25N3.HI/c1-10-2-5-13-8-17-15(18(13)9-10)16-7-12-4-3-11-6-14(11)12;/h10-14H,2-9H2,1H3,(H,16,17);1H. The lowest BCUT2D eigenvalue weighted by Crippen LogP contribution is -2.49. The molecule has 2 aliphatic carbocycles. The van der Waals surface area contributed by atoms with Gasteiger partial charge in [-0.25, -0.2) is 0 Å². The summed E-state index contributed by atoms with van der Waals surface area (Å²) in [6.07, 6.45) is 7.19. The van der Waals surface area contributed by atoms with Crippen molar-refractivity contribution in [3.63, 3.8) is 0 Å². The van der Waals surface area contributed by atoms with Gasteiger partial charge in [0.25, 0.3) is 0 Å². The Labute approximate surface area is 133 Å². The Morgan fingerprint density at radius 1 is 1.26 bits per heavy atom. The summed E-state index contributed by atoms with van der Waals surface area (Å²) in [5, 5.41) is 3.68. The fourth-order valence-electron chi connectivity index (χ4n) is 4.40. The Morgan fingerprint density at radius 3 is 2.89 bits per heavy atom. The first-order valence-electron chi connectivity index (χ1n) is 7.86. The largest absolute Gasteiger partial charge is 0.356 e. The van der Waals surface area contributed by atoms with Crippen molar-refractivity contribution in [3.05, 3.63) is 0 Å². The van der Waals surface area contributed by atoms with Gasteiger partial charge in [-0.3, -0.25) is 4.99 Å². The van der Waals surface area contributed by atoms with Crippen molar-refractivity contribution < 1.29 is 0 Å². The van der Waals surface area contributed by atoms with Gasteiger partial charge in [0.05, 0.1) is 12.6 Å². The molecule has 3 nitrogen and oxygen atoms in total. The molecule has 0 aromatic carbocycles. The van der Waals surface area contributed by atoms with Crippen molar-refractivity contribution in [2.45, 2.75) is 45.1 Å². The average molecular weight is 375 g/mol. The normalized spacial score (nSPS) is 43.1. The maximum absolute atomic E-state index is 4.75. The summed E-state index contributed by atoms with van der Waals surface area (Å²) in [6.45, 7) is 5.80. The Hall–Kier alpha value is 0. The van der Waals surface area contributed by atoms with Crippen LogP contribution in [0.1, 0.15) is 39.0 Å². The number of aliphatic imine (C=N–C) groups is 1. The van der Waals surface area contributed by atoms with E-state index in [1.807, 2.05) is 0 Å². The lowest BCUT2D eigenvalue weighted by molar-refractivity contribution is 0.210. The summed E-state index contributed by atoms with van der Waals surface area (Å²) in [6, 6.07) is 0.709. The molecule has 19 heavy (non-hydrogen) atoms. The molecule has 0 spiro atoms. The van der Waals surface area contributed by atoms with E-state index >= 15 is 0 Å². The molecule has 5 atom stereocenters.